The first kappa shape index (κ1) is 18.7. The van der Waals surface area contributed by atoms with E-state index < -0.39 is 16.6 Å². The van der Waals surface area contributed by atoms with Crippen LogP contribution in [0.1, 0.15) is 15.4 Å². The summed E-state index contributed by atoms with van der Waals surface area (Å²) in [4.78, 5) is 23.7. The first-order valence-electron chi connectivity index (χ1n) is 8.34. The van der Waals surface area contributed by atoms with Crippen LogP contribution in [0.15, 0.2) is 48.5 Å². The van der Waals surface area contributed by atoms with Crippen LogP contribution in [-0.4, -0.2) is 20.6 Å². The van der Waals surface area contributed by atoms with Gasteiger partial charge in [0, 0.05) is 17.5 Å². The molecule has 2 heterocycles. The predicted octanol–water partition coefficient (Wildman–Crippen LogP) is 4.83. The minimum absolute atomic E-state index is 0.279. The van der Waals surface area contributed by atoms with Crippen molar-refractivity contribution in [3.8, 4) is 5.69 Å². The SMILES string of the molecule is Cc1nn(-c2ccc(F)cc2)c2sc(C(=O)Nc3cc([N+](=O)[O-])ccc3F)cc12. The van der Waals surface area contributed by atoms with Gasteiger partial charge in [0.25, 0.3) is 11.6 Å². The third kappa shape index (κ3) is 3.45. The van der Waals surface area contributed by atoms with Crippen molar-refractivity contribution in [3.05, 3.63) is 80.9 Å². The molecule has 0 atom stereocenters. The maximum Gasteiger partial charge on any atom is 0.271 e. The maximum absolute atomic E-state index is 14.0. The molecule has 0 spiro atoms. The highest BCUT2D eigenvalue weighted by atomic mass is 32.1. The van der Waals surface area contributed by atoms with E-state index in [1.807, 2.05) is 0 Å². The molecule has 0 saturated carbocycles. The lowest BCUT2D eigenvalue weighted by Crippen LogP contribution is -2.11. The van der Waals surface area contributed by atoms with Gasteiger partial charge in [-0.1, -0.05) is 0 Å². The molecule has 0 saturated heterocycles. The molecular formula is C19H12F2N4O3S. The van der Waals surface area contributed by atoms with Crippen molar-refractivity contribution in [3.63, 3.8) is 0 Å². The number of amides is 1. The maximum atomic E-state index is 14.0. The lowest BCUT2D eigenvalue weighted by atomic mass is 10.2. The van der Waals surface area contributed by atoms with Gasteiger partial charge in [0.05, 0.1) is 26.9 Å². The number of carbonyl (C=O) groups excluding carboxylic acids is 1. The van der Waals surface area contributed by atoms with Crippen molar-refractivity contribution >= 4 is 38.8 Å². The van der Waals surface area contributed by atoms with Gasteiger partial charge in [-0.25, -0.2) is 13.5 Å². The number of anilines is 1. The fourth-order valence-electron chi connectivity index (χ4n) is 2.82. The second-order valence-electron chi connectivity index (χ2n) is 6.18. The van der Waals surface area contributed by atoms with Crippen molar-refractivity contribution in [2.24, 2.45) is 0 Å². The number of rotatable bonds is 4. The molecule has 0 radical (unpaired) electrons. The molecule has 0 aliphatic rings. The lowest BCUT2D eigenvalue weighted by Gasteiger charge is -2.05. The molecule has 10 heteroatoms. The molecule has 7 nitrogen and oxygen atoms in total. The third-order valence-electron chi connectivity index (χ3n) is 4.25. The Morgan fingerprint density at radius 1 is 1.17 bits per heavy atom. The molecule has 1 amide bonds. The first-order valence-corrected chi connectivity index (χ1v) is 9.15. The Balaban J connectivity index is 1.69. The van der Waals surface area contributed by atoms with Crippen molar-refractivity contribution in [2.45, 2.75) is 6.92 Å². The Labute approximate surface area is 166 Å². The number of benzene rings is 2. The largest absolute Gasteiger partial charge is 0.319 e. The van der Waals surface area contributed by atoms with Crippen LogP contribution < -0.4 is 5.32 Å². The summed E-state index contributed by atoms with van der Waals surface area (Å²) in [6, 6.07) is 10.3. The molecular weight excluding hydrogens is 402 g/mol. The van der Waals surface area contributed by atoms with E-state index in [2.05, 4.69) is 10.4 Å². The molecule has 1 N–H and O–H groups in total. The van der Waals surface area contributed by atoms with Gasteiger partial charge >= 0.3 is 0 Å². The number of aromatic nitrogens is 2. The molecule has 0 fully saturated rings. The van der Waals surface area contributed by atoms with Gasteiger partial charge in [-0.2, -0.15) is 5.10 Å². The standard InChI is InChI=1S/C19H12F2N4O3S/c1-10-14-9-17(18(26)22-16-8-13(25(27)28)6-7-15(16)21)29-19(14)24(23-10)12-4-2-11(20)3-5-12/h2-9H,1H3,(H,22,26). The summed E-state index contributed by atoms with van der Waals surface area (Å²) in [7, 11) is 0. The van der Waals surface area contributed by atoms with Gasteiger partial charge in [-0.05, 0) is 43.3 Å². The van der Waals surface area contributed by atoms with E-state index in [-0.39, 0.29) is 22.1 Å². The number of hydrogen-bond donors (Lipinski definition) is 1. The Kier molecular flexibility index (Phi) is 4.55. The predicted molar refractivity (Wildman–Crippen MR) is 105 cm³/mol. The minimum atomic E-state index is -0.779. The van der Waals surface area contributed by atoms with Gasteiger partial charge in [-0.3, -0.25) is 14.9 Å². The number of non-ortho nitro benzene ring substituents is 1. The normalized spacial score (nSPS) is 11.0. The summed E-state index contributed by atoms with van der Waals surface area (Å²) in [6.45, 7) is 1.77. The summed E-state index contributed by atoms with van der Waals surface area (Å²) < 4.78 is 28.8. The fraction of sp³-hybridized carbons (Fsp3) is 0.0526. The van der Waals surface area contributed by atoms with Crippen LogP contribution in [0.4, 0.5) is 20.2 Å². The summed E-state index contributed by atoms with van der Waals surface area (Å²) in [6.07, 6.45) is 0. The van der Waals surface area contributed by atoms with E-state index in [9.17, 15) is 23.7 Å². The van der Waals surface area contributed by atoms with Crippen LogP contribution in [0.5, 0.6) is 0 Å². The number of nitro benzene ring substituents is 1. The van der Waals surface area contributed by atoms with Crippen molar-refractivity contribution in [1.29, 1.82) is 0 Å². The summed E-state index contributed by atoms with van der Waals surface area (Å²) in [5.41, 5.74) is 0.684. The second-order valence-corrected chi connectivity index (χ2v) is 7.21. The summed E-state index contributed by atoms with van der Waals surface area (Å²) >= 11 is 1.13. The number of hydrogen-bond acceptors (Lipinski definition) is 5. The molecule has 2 aromatic heterocycles. The Hall–Kier alpha value is -3.66. The number of nitro groups is 1. The summed E-state index contributed by atoms with van der Waals surface area (Å²) in [5, 5.41) is 18.4. The van der Waals surface area contributed by atoms with Crippen molar-refractivity contribution in [1.82, 2.24) is 9.78 Å². The van der Waals surface area contributed by atoms with Gasteiger partial charge in [0.1, 0.15) is 16.5 Å². The molecule has 0 aliphatic carbocycles. The summed E-state index contributed by atoms with van der Waals surface area (Å²) in [5.74, 6) is -1.76. The molecule has 4 aromatic rings. The van der Waals surface area contributed by atoms with Gasteiger partial charge in [0.2, 0.25) is 0 Å². The molecule has 0 bridgehead atoms. The lowest BCUT2D eigenvalue weighted by molar-refractivity contribution is -0.384. The monoisotopic (exact) mass is 414 g/mol. The van der Waals surface area contributed by atoms with E-state index in [0.717, 1.165) is 34.9 Å². The topological polar surface area (TPSA) is 90.1 Å². The fourth-order valence-corrected chi connectivity index (χ4v) is 3.90. The highest BCUT2D eigenvalue weighted by molar-refractivity contribution is 7.20. The number of carbonyl (C=O) groups is 1. The average Bonchev–Trinajstić information content (AvgIpc) is 3.25. The molecule has 0 unspecified atom stereocenters. The number of nitrogens with zero attached hydrogens (tertiary/aromatic N) is 3. The van der Waals surface area contributed by atoms with Crippen molar-refractivity contribution in [2.75, 3.05) is 5.32 Å². The van der Waals surface area contributed by atoms with Crippen LogP contribution in [0.25, 0.3) is 15.9 Å². The Morgan fingerprint density at radius 2 is 1.90 bits per heavy atom. The zero-order valence-electron chi connectivity index (χ0n) is 14.8. The molecule has 0 aliphatic heterocycles. The number of fused-ring (bicyclic) bond motifs is 1. The van der Waals surface area contributed by atoms with Crippen molar-refractivity contribution < 1.29 is 18.5 Å². The third-order valence-corrected chi connectivity index (χ3v) is 5.36. The molecule has 146 valence electrons. The molecule has 29 heavy (non-hydrogen) atoms. The second kappa shape index (κ2) is 7.06. The molecule has 4 rings (SSSR count). The average molecular weight is 414 g/mol. The number of nitrogens with one attached hydrogen (secondary N) is 1. The quantitative estimate of drug-likeness (QED) is 0.382. The van der Waals surface area contributed by atoms with E-state index in [4.69, 9.17) is 0 Å². The number of thiophene rings is 1. The van der Waals surface area contributed by atoms with Crippen LogP contribution in [-0.2, 0) is 0 Å². The van der Waals surface area contributed by atoms with Crippen LogP contribution >= 0.6 is 11.3 Å². The van der Waals surface area contributed by atoms with Crippen LogP contribution in [0, 0.1) is 28.7 Å². The smallest absolute Gasteiger partial charge is 0.271 e. The molecule has 2 aromatic carbocycles. The highest BCUT2D eigenvalue weighted by Gasteiger charge is 2.19. The van der Waals surface area contributed by atoms with E-state index >= 15 is 0 Å². The van der Waals surface area contributed by atoms with E-state index in [1.54, 1.807) is 29.8 Å². The van der Waals surface area contributed by atoms with Gasteiger partial charge in [-0.15, -0.1) is 11.3 Å². The van der Waals surface area contributed by atoms with Crippen LogP contribution in [0.2, 0.25) is 0 Å². The number of halogens is 2. The zero-order chi connectivity index (χ0) is 20.7. The number of aryl methyl sites for hydroxylation is 1. The Bertz CT molecular complexity index is 1260. The Morgan fingerprint density at radius 3 is 2.59 bits per heavy atom. The minimum Gasteiger partial charge on any atom is -0.319 e. The van der Waals surface area contributed by atoms with E-state index in [0.29, 0.717) is 16.2 Å². The van der Waals surface area contributed by atoms with Gasteiger partial charge in [0.15, 0.2) is 0 Å². The van der Waals surface area contributed by atoms with Gasteiger partial charge < -0.3 is 5.32 Å². The van der Waals surface area contributed by atoms with E-state index in [1.165, 1.54) is 12.1 Å². The highest BCUT2D eigenvalue weighted by Crippen LogP contribution is 2.31. The first-order chi connectivity index (χ1) is 13.8. The zero-order valence-corrected chi connectivity index (χ0v) is 15.7. The van der Waals surface area contributed by atoms with Crippen LogP contribution in [0.3, 0.4) is 0 Å².